The van der Waals surface area contributed by atoms with E-state index in [4.69, 9.17) is 14.9 Å². The van der Waals surface area contributed by atoms with Crippen molar-refractivity contribution in [1.82, 2.24) is 10.2 Å². The molecule has 1 amide bonds. The van der Waals surface area contributed by atoms with Crippen LogP contribution in [-0.4, -0.2) is 65.6 Å². The molecule has 1 aliphatic rings. The molecule has 0 aromatic carbocycles. The summed E-state index contributed by atoms with van der Waals surface area (Å²) in [5.74, 6) is -1.04. The highest BCUT2D eigenvalue weighted by Gasteiger charge is 2.51. The molecule has 0 radical (unpaired) electrons. The van der Waals surface area contributed by atoms with E-state index in [9.17, 15) is 9.59 Å². The Labute approximate surface area is 98.7 Å². The van der Waals surface area contributed by atoms with Crippen LogP contribution in [0.5, 0.6) is 0 Å². The van der Waals surface area contributed by atoms with Crippen molar-refractivity contribution in [3.63, 3.8) is 0 Å². The predicted octanol–water partition coefficient (Wildman–Crippen LogP) is -0.970. The number of carbonyl (C=O) groups excluding carboxylic acids is 1. The van der Waals surface area contributed by atoms with Crippen LogP contribution in [0.25, 0.3) is 0 Å². The van der Waals surface area contributed by atoms with Crippen molar-refractivity contribution >= 4 is 12.1 Å². The zero-order chi connectivity index (χ0) is 12.9. The fourth-order valence-corrected chi connectivity index (χ4v) is 1.57. The molecule has 0 atom stereocenters. The summed E-state index contributed by atoms with van der Waals surface area (Å²) in [7, 11) is 0. The molecule has 1 fully saturated rings. The fourth-order valence-electron chi connectivity index (χ4n) is 1.57. The number of hydrogen-bond acceptors (Lipinski definition) is 5. The first-order chi connectivity index (χ1) is 8.05. The van der Waals surface area contributed by atoms with Crippen LogP contribution in [0.15, 0.2) is 12.7 Å². The number of β-amino-alcohol motifs (C(OH)–C–C–N with tert-alkyl or cyclic N) is 1. The average molecular weight is 244 g/mol. The molecule has 0 aromatic heterocycles. The lowest BCUT2D eigenvalue weighted by molar-refractivity contribution is -0.151. The number of ether oxygens (including phenoxy) is 1. The number of hydrogen-bond donors (Lipinski definition) is 3. The van der Waals surface area contributed by atoms with E-state index in [0.717, 1.165) is 0 Å². The number of aliphatic hydroxyl groups is 1. The Morgan fingerprint density at radius 3 is 2.65 bits per heavy atom. The van der Waals surface area contributed by atoms with E-state index in [2.05, 4.69) is 11.9 Å². The molecule has 1 heterocycles. The van der Waals surface area contributed by atoms with Crippen molar-refractivity contribution in [3.8, 4) is 0 Å². The van der Waals surface area contributed by atoms with Crippen LogP contribution in [-0.2, 0) is 9.53 Å². The van der Waals surface area contributed by atoms with Crippen LogP contribution in [0.4, 0.5) is 4.79 Å². The van der Waals surface area contributed by atoms with Gasteiger partial charge in [-0.1, -0.05) is 12.7 Å². The SMILES string of the molecule is C=CCOC(=O)N1CC(NCCO)(C(=O)O)C1. The molecule has 0 aromatic rings. The third kappa shape index (κ3) is 2.95. The van der Waals surface area contributed by atoms with Gasteiger partial charge in [0.05, 0.1) is 19.7 Å². The highest BCUT2D eigenvalue weighted by molar-refractivity contribution is 5.84. The lowest BCUT2D eigenvalue weighted by atomic mass is 9.90. The van der Waals surface area contributed by atoms with E-state index >= 15 is 0 Å². The number of likely N-dealkylation sites (tertiary alicyclic amines) is 1. The van der Waals surface area contributed by atoms with Gasteiger partial charge in [-0.25, -0.2) is 4.79 Å². The third-order valence-corrected chi connectivity index (χ3v) is 2.49. The molecule has 0 unspecified atom stereocenters. The Morgan fingerprint density at radius 1 is 1.53 bits per heavy atom. The molecular weight excluding hydrogens is 228 g/mol. The number of carboxylic acid groups (broad SMARTS) is 1. The fraction of sp³-hybridized carbons (Fsp3) is 0.600. The topological polar surface area (TPSA) is 99.1 Å². The van der Waals surface area contributed by atoms with E-state index in [1.807, 2.05) is 0 Å². The summed E-state index contributed by atoms with van der Waals surface area (Å²) in [6.45, 7) is 3.56. The molecule has 0 saturated carbocycles. The molecule has 7 heteroatoms. The molecular formula is C10H16N2O5. The zero-order valence-electron chi connectivity index (χ0n) is 9.39. The smallest absolute Gasteiger partial charge is 0.410 e. The molecule has 1 rings (SSSR count). The number of carboxylic acids is 1. The summed E-state index contributed by atoms with van der Waals surface area (Å²) >= 11 is 0. The molecule has 0 bridgehead atoms. The van der Waals surface area contributed by atoms with Crippen LogP contribution in [0.3, 0.4) is 0 Å². The van der Waals surface area contributed by atoms with Gasteiger partial charge in [0.25, 0.3) is 0 Å². The van der Waals surface area contributed by atoms with Gasteiger partial charge in [-0.2, -0.15) is 0 Å². The molecule has 17 heavy (non-hydrogen) atoms. The van der Waals surface area contributed by atoms with Crippen molar-refractivity contribution in [2.45, 2.75) is 5.54 Å². The maximum absolute atomic E-state index is 11.4. The summed E-state index contributed by atoms with van der Waals surface area (Å²) < 4.78 is 4.77. The maximum atomic E-state index is 11.4. The molecule has 1 aliphatic heterocycles. The summed E-state index contributed by atoms with van der Waals surface area (Å²) in [6.07, 6.45) is 0.874. The molecule has 0 aliphatic carbocycles. The first kappa shape index (κ1) is 13.5. The standard InChI is InChI=1S/C10H16N2O5/c1-2-5-17-9(16)12-6-10(7-12,8(14)15)11-3-4-13/h2,11,13H,1,3-7H2,(H,14,15). The second-order valence-electron chi connectivity index (χ2n) is 3.76. The minimum Gasteiger partial charge on any atom is -0.480 e. The normalized spacial score (nSPS) is 17.1. The number of amides is 1. The number of nitrogens with one attached hydrogen (secondary N) is 1. The largest absolute Gasteiger partial charge is 0.480 e. The van der Waals surface area contributed by atoms with Gasteiger partial charge < -0.3 is 19.8 Å². The summed E-state index contributed by atoms with van der Waals surface area (Å²) in [6, 6.07) is 0. The maximum Gasteiger partial charge on any atom is 0.410 e. The minimum absolute atomic E-state index is 0.0261. The average Bonchev–Trinajstić information content (AvgIpc) is 2.24. The van der Waals surface area contributed by atoms with E-state index in [-0.39, 0.29) is 32.8 Å². The monoisotopic (exact) mass is 244 g/mol. The van der Waals surface area contributed by atoms with Crippen molar-refractivity contribution in [3.05, 3.63) is 12.7 Å². The lowest BCUT2D eigenvalue weighted by Crippen LogP contribution is -2.74. The van der Waals surface area contributed by atoms with Crippen LogP contribution in [0.2, 0.25) is 0 Å². The van der Waals surface area contributed by atoms with Gasteiger partial charge in [-0.3, -0.25) is 10.1 Å². The first-order valence-electron chi connectivity index (χ1n) is 5.17. The first-order valence-corrected chi connectivity index (χ1v) is 5.17. The Hall–Kier alpha value is -1.60. The summed E-state index contributed by atoms with van der Waals surface area (Å²) in [5, 5.41) is 20.4. The van der Waals surface area contributed by atoms with E-state index < -0.39 is 17.6 Å². The summed E-state index contributed by atoms with van der Waals surface area (Å²) in [4.78, 5) is 23.7. The van der Waals surface area contributed by atoms with Crippen molar-refractivity contribution < 1.29 is 24.5 Å². The quantitative estimate of drug-likeness (QED) is 0.520. The van der Waals surface area contributed by atoms with E-state index in [1.165, 1.54) is 11.0 Å². The zero-order valence-corrected chi connectivity index (χ0v) is 9.39. The van der Waals surface area contributed by atoms with Gasteiger partial charge in [-0.05, 0) is 0 Å². The predicted molar refractivity (Wildman–Crippen MR) is 58.6 cm³/mol. The molecule has 7 nitrogen and oxygen atoms in total. The number of aliphatic hydroxyl groups excluding tert-OH is 1. The molecule has 3 N–H and O–H groups in total. The highest BCUT2D eigenvalue weighted by Crippen LogP contribution is 2.22. The minimum atomic E-state index is -1.17. The van der Waals surface area contributed by atoms with Crippen LogP contribution in [0.1, 0.15) is 0 Å². The summed E-state index contributed by atoms with van der Waals surface area (Å²) in [5.41, 5.74) is -1.17. The van der Waals surface area contributed by atoms with Crippen LogP contribution < -0.4 is 5.32 Å². The number of aliphatic carboxylic acids is 1. The van der Waals surface area contributed by atoms with Crippen molar-refractivity contribution in [1.29, 1.82) is 0 Å². The van der Waals surface area contributed by atoms with E-state index in [0.29, 0.717) is 0 Å². The van der Waals surface area contributed by atoms with Gasteiger partial charge in [0.2, 0.25) is 0 Å². The number of rotatable bonds is 6. The van der Waals surface area contributed by atoms with E-state index in [1.54, 1.807) is 0 Å². The van der Waals surface area contributed by atoms with Gasteiger partial charge in [-0.15, -0.1) is 0 Å². The Kier molecular flexibility index (Phi) is 4.47. The Balaban J connectivity index is 2.46. The van der Waals surface area contributed by atoms with Gasteiger partial charge in [0.15, 0.2) is 5.54 Å². The Bertz CT molecular complexity index is 312. The van der Waals surface area contributed by atoms with Crippen LogP contribution in [0, 0.1) is 0 Å². The van der Waals surface area contributed by atoms with Gasteiger partial charge in [0, 0.05) is 6.54 Å². The molecule has 1 saturated heterocycles. The second-order valence-corrected chi connectivity index (χ2v) is 3.76. The van der Waals surface area contributed by atoms with Gasteiger partial charge in [0.1, 0.15) is 6.61 Å². The van der Waals surface area contributed by atoms with Crippen LogP contribution >= 0.6 is 0 Å². The molecule has 0 spiro atoms. The number of carbonyl (C=O) groups is 2. The highest BCUT2D eigenvalue weighted by atomic mass is 16.6. The number of nitrogens with zero attached hydrogens (tertiary/aromatic N) is 1. The Morgan fingerprint density at radius 2 is 2.18 bits per heavy atom. The second kappa shape index (κ2) is 5.65. The van der Waals surface area contributed by atoms with Gasteiger partial charge >= 0.3 is 12.1 Å². The van der Waals surface area contributed by atoms with Crippen molar-refractivity contribution in [2.24, 2.45) is 0 Å². The lowest BCUT2D eigenvalue weighted by Gasteiger charge is -2.46. The third-order valence-electron chi connectivity index (χ3n) is 2.49. The van der Waals surface area contributed by atoms with Crippen molar-refractivity contribution in [2.75, 3.05) is 32.8 Å². The molecule has 96 valence electrons.